The van der Waals surface area contributed by atoms with Crippen molar-refractivity contribution in [1.82, 2.24) is 4.98 Å². The normalized spacial score (nSPS) is 12.6. The Morgan fingerprint density at radius 1 is 1.18 bits per heavy atom. The molecule has 1 aliphatic rings. The highest BCUT2D eigenvalue weighted by Gasteiger charge is 2.26. The summed E-state index contributed by atoms with van der Waals surface area (Å²) in [6.07, 6.45) is 4.22. The number of aromatic nitrogens is 1. The smallest absolute Gasteiger partial charge is 0.340 e. The van der Waals surface area contributed by atoms with Gasteiger partial charge in [0.15, 0.2) is 6.61 Å². The third-order valence-corrected chi connectivity index (χ3v) is 5.81. The molecular formula is C20H17N3O4S. The van der Waals surface area contributed by atoms with E-state index in [0.29, 0.717) is 21.6 Å². The lowest BCUT2D eigenvalue weighted by Crippen LogP contribution is -2.22. The number of nitrogens with one attached hydrogen (secondary N) is 1. The summed E-state index contributed by atoms with van der Waals surface area (Å²) >= 11 is 1.35. The highest BCUT2D eigenvalue weighted by Crippen LogP contribution is 2.38. The van der Waals surface area contributed by atoms with Crippen molar-refractivity contribution < 1.29 is 19.1 Å². The zero-order valence-electron chi connectivity index (χ0n) is 14.9. The number of rotatable bonds is 5. The van der Waals surface area contributed by atoms with Crippen LogP contribution in [0.15, 0.2) is 36.5 Å². The van der Waals surface area contributed by atoms with Gasteiger partial charge in [-0.15, -0.1) is 11.3 Å². The Bertz CT molecular complexity index is 1100. The van der Waals surface area contributed by atoms with Crippen LogP contribution in [-0.2, 0) is 22.4 Å². The van der Waals surface area contributed by atoms with Crippen LogP contribution < -0.4 is 11.1 Å². The van der Waals surface area contributed by atoms with Gasteiger partial charge in [0, 0.05) is 16.5 Å². The van der Waals surface area contributed by atoms with E-state index in [4.69, 9.17) is 10.5 Å². The summed E-state index contributed by atoms with van der Waals surface area (Å²) in [5.74, 6) is -1.72. The van der Waals surface area contributed by atoms with Crippen molar-refractivity contribution in [2.75, 3.05) is 11.9 Å². The van der Waals surface area contributed by atoms with Gasteiger partial charge in [-0.25, -0.2) is 4.79 Å². The molecule has 4 rings (SSSR count). The predicted octanol–water partition coefficient (Wildman–Crippen LogP) is 2.68. The molecule has 1 aliphatic carbocycles. The zero-order chi connectivity index (χ0) is 19.7. The summed E-state index contributed by atoms with van der Waals surface area (Å²) in [4.78, 5) is 41.7. The number of primary amides is 1. The Morgan fingerprint density at radius 3 is 2.82 bits per heavy atom. The maximum absolute atomic E-state index is 12.4. The number of amides is 2. The molecule has 0 spiro atoms. The second-order valence-electron chi connectivity index (χ2n) is 6.43. The fourth-order valence-corrected chi connectivity index (χ4v) is 4.70. The number of nitrogens with two attached hydrogens (primary N) is 1. The highest BCUT2D eigenvalue weighted by atomic mass is 32.1. The van der Waals surface area contributed by atoms with Gasteiger partial charge in [-0.3, -0.25) is 14.6 Å². The van der Waals surface area contributed by atoms with Crippen LogP contribution >= 0.6 is 11.3 Å². The van der Waals surface area contributed by atoms with Crippen LogP contribution in [0.1, 0.15) is 37.6 Å². The monoisotopic (exact) mass is 395 g/mol. The Morgan fingerprint density at radius 2 is 2.00 bits per heavy atom. The Kier molecular flexibility index (Phi) is 4.79. The molecule has 0 saturated carbocycles. The lowest BCUT2D eigenvalue weighted by atomic mass is 10.1. The Hall–Kier alpha value is -3.26. The number of hydrogen-bond acceptors (Lipinski definition) is 6. The number of carbonyl (C=O) groups excluding carboxylic acids is 3. The molecule has 0 saturated heterocycles. The minimum absolute atomic E-state index is 0.291. The molecule has 1 aromatic carbocycles. The fraction of sp³-hybridized carbons (Fsp3) is 0.200. The van der Waals surface area contributed by atoms with Gasteiger partial charge in [0.05, 0.1) is 16.6 Å². The Balaban J connectivity index is 1.45. The molecule has 142 valence electrons. The van der Waals surface area contributed by atoms with E-state index in [0.717, 1.165) is 35.1 Å². The number of nitrogens with zero attached hydrogens (tertiary/aromatic N) is 1. The molecule has 0 radical (unpaired) electrons. The number of aryl methyl sites for hydroxylation is 1. The van der Waals surface area contributed by atoms with E-state index in [1.165, 1.54) is 11.3 Å². The fourth-order valence-electron chi connectivity index (χ4n) is 3.39. The number of pyridine rings is 1. The molecule has 2 heterocycles. The van der Waals surface area contributed by atoms with Crippen molar-refractivity contribution in [1.29, 1.82) is 0 Å². The van der Waals surface area contributed by atoms with E-state index >= 15 is 0 Å². The second kappa shape index (κ2) is 7.40. The largest absolute Gasteiger partial charge is 0.452 e. The molecule has 2 aromatic heterocycles. The van der Waals surface area contributed by atoms with Gasteiger partial charge in [-0.2, -0.15) is 0 Å². The summed E-state index contributed by atoms with van der Waals surface area (Å²) in [6.45, 7) is -0.469. The number of benzene rings is 1. The van der Waals surface area contributed by atoms with Crippen LogP contribution in [0, 0.1) is 0 Å². The summed E-state index contributed by atoms with van der Waals surface area (Å²) in [7, 11) is 0. The zero-order valence-corrected chi connectivity index (χ0v) is 15.7. The molecule has 28 heavy (non-hydrogen) atoms. The third-order valence-electron chi connectivity index (χ3n) is 4.61. The third kappa shape index (κ3) is 3.34. The molecule has 3 N–H and O–H groups in total. The number of anilines is 1. The van der Waals surface area contributed by atoms with Crippen molar-refractivity contribution in [3.63, 3.8) is 0 Å². The lowest BCUT2D eigenvalue weighted by molar-refractivity contribution is -0.119. The van der Waals surface area contributed by atoms with E-state index in [1.807, 2.05) is 12.1 Å². The van der Waals surface area contributed by atoms with E-state index in [9.17, 15) is 14.4 Å². The van der Waals surface area contributed by atoms with Gasteiger partial charge < -0.3 is 15.8 Å². The van der Waals surface area contributed by atoms with Crippen molar-refractivity contribution in [2.24, 2.45) is 5.73 Å². The van der Waals surface area contributed by atoms with Gasteiger partial charge in [-0.05, 0) is 37.0 Å². The summed E-state index contributed by atoms with van der Waals surface area (Å²) < 4.78 is 5.15. The van der Waals surface area contributed by atoms with E-state index in [-0.39, 0.29) is 0 Å². The lowest BCUT2D eigenvalue weighted by Gasteiger charge is -2.08. The van der Waals surface area contributed by atoms with E-state index < -0.39 is 24.4 Å². The van der Waals surface area contributed by atoms with Crippen molar-refractivity contribution in [3.05, 3.63) is 58.1 Å². The number of thiophene rings is 1. The molecular weight excluding hydrogens is 378 g/mol. The van der Waals surface area contributed by atoms with Crippen LogP contribution in [-0.4, -0.2) is 29.4 Å². The highest BCUT2D eigenvalue weighted by molar-refractivity contribution is 7.17. The maximum atomic E-state index is 12.4. The maximum Gasteiger partial charge on any atom is 0.340 e. The van der Waals surface area contributed by atoms with Gasteiger partial charge in [0.25, 0.3) is 11.8 Å². The number of hydrogen-bond donors (Lipinski definition) is 2. The molecule has 0 aliphatic heterocycles. The van der Waals surface area contributed by atoms with Crippen molar-refractivity contribution >= 4 is 45.0 Å². The molecule has 7 nitrogen and oxygen atoms in total. The van der Waals surface area contributed by atoms with Crippen LogP contribution in [0.4, 0.5) is 5.00 Å². The van der Waals surface area contributed by atoms with E-state index in [1.54, 1.807) is 24.4 Å². The number of fused-ring (bicyclic) bond motifs is 2. The number of para-hydroxylation sites is 1. The van der Waals surface area contributed by atoms with Gasteiger partial charge in [0.2, 0.25) is 0 Å². The summed E-state index contributed by atoms with van der Waals surface area (Å²) in [5, 5.41) is 3.88. The van der Waals surface area contributed by atoms with Crippen LogP contribution in [0.2, 0.25) is 0 Å². The minimum atomic E-state index is -0.636. The quantitative estimate of drug-likeness (QED) is 0.645. The molecule has 0 bridgehead atoms. The summed E-state index contributed by atoms with van der Waals surface area (Å²) in [5.41, 5.74) is 7.58. The van der Waals surface area contributed by atoms with Crippen molar-refractivity contribution in [3.8, 4) is 0 Å². The first-order valence-corrected chi connectivity index (χ1v) is 9.61. The summed E-state index contributed by atoms with van der Waals surface area (Å²) in [6, 6.07) is 8.79. The molecule has 8 heteroatoms. The number of ether oxygens (including phenoxy) is 1. The minimum Gasteiger partial charge on any atom is -0.452 e. The topological polar surface area (TPSA) is 111 Å². The molecule has 0 fully saturated rings. The second-order valence-corrected chi connectivity index (χ2v) is 7.54. The molecule has 0 unspecified atom stereocenters. The molecule has 3 aromatic rings. The van der Waals surface area contributed by atoms with Crippen LogP contribution in [0.25, 0.3) is 10.9 Å². The molecule has 2 amide bonds. The van der Waals surface area contributed by atoms with Gasteiger partial charge in [0.1, 0.15) is 5.00 Å². The van der Waals surface area contributed by atoms with Crippen LogP contribution in [0.3, 0.4) is 0 Å². The predicted molar refractivity (Wildman–Crippen MR) is 106 cm³/mol. The average molecular weight is 395 g/mol. The number of esters is 1. The van der Waals surface area contributed by atoms with Gasteiger partial charge in [-0.1, -0.05) is 18.2 Å². The van der Waals surface area contributed by atoms with Crippen LogP contribution in [0.5, 0.6) is 0 Å². The molecule has 0 atom stereocenters. The average Bonchev–Trinajstić information content (AvgIpc) is 3.26. The SMILES string of the molecule is NC(=O)c1c(NC(=O)COC(=O)c2cccc3cccnc23)sc2c1CCC2. The number of carbonyl (C=O) groups is 3. The van der Waals surface area contributed by atoms with E-state index in [2.05, 4.69) is 10.3 Å². The first-order chi connectivity index (χ1) is 13.5. The first-order valence-electron chi connectivity index (χ1n) is 8.79. The Labute approximate surface area is 164 Å². The van der Waals surface area contributed by atoms with Gasteiger partial charge >= 0.3 is 5.97 Å². The standard InChI is InChI=1S/C20H17N3O4S/c21-18(25)16-12-6-2-8-14(12)28-19(16)23-15(24)10-27-20(26)13-7-1-4-11-5-3-9-22-17(11)13/h1,3-5,7,9H,2,6,8,10H2,(H2,21,25)(H,23,24). The first kappa shape index (κ1) is 18.1. The van der Waals surface area contributed by atoms with Crippen molar-refractivity contribution in [2.45, 2.75) is 19.3 Å².